The number of carbonyl (C=O) groups excluding carboxylic acids is 2. The fraction of sp³-hybridized carbons (Fsp3) is 0.167. The van der Waals surface area contributed by atoms with Crippen LogP contribution in [0.1, 0.15) is 38.0 Å². The first-order valence-corrected chi connectivity index (χ1v) is 10.9. The Kier molecular flexibility index (Phi) is 5.86. The van der Waals surface area contributed by atoms with Crippen molar-refractivity contribution in [3.05, 3.63) is 48.8 Å². The molecule has 0 spiro atoms. The molecule has 0 saturated heterocycles. The van der Waals surface area contributed by atoms with E-state index in [4.69, 9.17) is 5.73 Å². The number of carbonyl (C=O) groups is 2. The number of hydrogen-bond donors (Lipinski definition) is 3. The van der Waals surface area contributed by atoms with Crippen LogP contribution < -0.4 is 11.1 Å². The van der Waals surface area contributed by atoms with Gasteiger partial charge in [-0.1, -0.05) is 5.10 Å². The SMILES string of the molecule is Cc1nn(C)cc1-c1cc(C(F)F)nc2sc(C(N)=O)c(NC(=O)c3n[nH]c([N+](=O)[O-])c3Br)c12. The number of aromatic amines is 1. The van der Waals surface area contributed by atoms with Crippen molar-refractivity contribution in [1.29, 1.82) is 0 Å². The number of hydrogen-bond acceptors (Lipinski definition) is 8. The summed E-state index contributed by atoms with van der Waals surface area (Å²) in [6.07, 6.45) is -1.31. The van der Waals surface area contributed by atoms with E-state index in [1.165, 1.54) is 4.68 Å². The van der Waals surface area contributed by atoms with Gasteiger partial charge in [-0.15, -0.1) is 16.4 Å². The summed E-state index contributed by atoms with van der Waals surface area (Å²) >= 11 is 3.68. The first-order chi connectivity index (χ1) is 16.0. The molecule has 0 unspecified atom stereocenters. The van der Waals surface area contributed by atoms with Gasteiger partial charge in [-0.3, -0.25) is 14.3 Å². The number of nitrogens with zero attached hydrogens (tertiary/aromatic N) is 5. The van der Waals surface area contributed by atoms with Crippen molar-refractivity contribution in [2.75, 3.05) is 5.32 Å². The summed E-state index contributed by atoms with van der Waals surface area (Å²) in [6, 6.07) is 1.15. The number of nitrogens with two attached hydrogens (primary N) is 1. The monoisotopic (exact) mass is 554 g/mol. The molecule has 0 atom stereocenters. The molecule has 2 amide bonds. The molecule has 4 N–H and O–H groups in total. The Morgan fingerprint density at radius 3 is 2.62 bits per heavy atom. The summed E-state index contributed by atoms with van der Waals surface area (Å²) in [7, 11) is 1.65. The van der Waals surface area contributed by atoms with Crippen LogP contribution in [0.2, 0.25) is 0 Å². The second-order valence-electron chi connectivity index (χ2n) is 6.99. The normalized spacial score (nSPS) is 11.4. The lowest BCUT2D eigenvalue weighted by atomic mass is 10.0. The van der Waals surface area contributed by atoms with Crippen LogP contribution in [0.25, 0.3) is 21.3 Å². The standard InChI is InChI=1S/C18H13BrF2N8O4S/c1-5-7(4-28(2)27-5)6-3-8(14(20)21)23-18-9(6)11(13(34-18)15(22)30)24-17(31)12-10(19)16(26-25-12)29(32)33/h3-4,14H,1-2H3,(H2,22,30)(H,24,31)(H,25,26). The van der Waals surface area contributed by atoms with E-state index in [0.717, 1.165) is 17.4 Å². The summed E-state index contributed by atoms with van der Waals surface area (Å²) in [5.41, 5.74) is 5.74. The van der Waals surface area contributed by atoms with Crippen LogP contribution in [0, 0.1) is 17.0 Å². The molecular formula is C18H13BrF2N8O4S. The van der Waals surface area contributed by atoms with E-state index in [2.05, 4.69) is 41.5 Å². The molecule has 4 aromatic rings. The van der Waals surface area contributed by atoms with Crippen molar-refractivity contribution in [2.24, 2.45) is 12.8 Å². The second kappa shape index (κ2) is 8.53. The Hall–Kier alpha value is -3.79. The number of alkyl halides is 2. The van der Waals surface area contributed by atoms with E-state index in [1.54, 1.807) is 20.2 Å². The number of aryl methyl sites for hydroxylation is 2. The highest BCUT2D eigenvalue weighted by atomic mass is 79.9. The Labute approximate surface area is 200 Å². The van der Waals surface area contributed by atoms with Crippen LogP contribution in [0.3, 0.4) is 0 Å². The minimum atomic E-state index is -2.90. The number of fused-ring (bicyclic) bond motifs is 1. The van der Waals surface area contributed by atoms with Crippen LogP contribution >= 0.6 is 27.3 Å². The van der Waals surface area contributed by atoms with Gasteiger partial charge < -0.3 is 21.2 Å². The molecule has 0 aliphatic rings. The minimum Gasteiger partial charge on any atom is -0.365 e. The van der Waals surface area contributed by atoms with E-state index in [1.807, 2.05) is 0 Å². The number of primary amides is 1. The van der Waals surface area contributed by atoms with Crippen LogP contribution in [-0.4, -0.2) is 41.7 Å². The molecule has 0 radical (unpaired) electrons. The molecule has 0 aliphatic carbocycles. The Bertz CT molecular complexity index is 1490. The van der Waals surface area contributed by atoms with Crippen LogP contribution in [-0.2, 0) is 7.05 Å². The lowest BCUT2D eigenvalue weighted by Gasteiger charge is -2.10. The molecule has 176 valence electrons. The number of anilines is 1. The number of halogens is 3. The molecule has 0 bridgehead atoms. The third kappa shape index (κ3) is 3.90. The lowest BCUT2D eigenvalue weighted by molar-refractivity contribution is -0.390. The highest BCUT2D eigenvalue weighted by Crippen LogP contribution is 2.43. The maximum absolute atomic E-state index is 13.6. The molecule has 12 nitrogen and oxygen atoms in total. The Morgan fingerprint density at radius 1 is 1.38 bits per heavy atom. The molecule has 4 aromatic heterocycles. The first-order valence-electron chi connectivity index (χ1n) is 9.25. The number of amides is 2. The highest BCUT2D eigenvalue weighted by molar-refractivity contribution is 9.10. The average Bonchev–Trinajstić information content (AvgIpc) is 3.42. The van der Waals surface area contributed by atoms with Gasteiger partial charge in [0.1, 0.15) is 19.9 Å². The second-order valence-corrected chi connectivity index (χ2v) is 8.79. The summed E-state index contributed by atoms with van der Waals surface area (Å²) < 4.78 is 28.5. The van der Waals surface area contributed by atoms with Gasteiger partial charge in [-0.25, -0.2) is 13.8 Å². The number of H-pyrrole nitrogens is 1. The third-order valence-corrected chi connectivity index (χ3v) is 6.61. The molecular weight excluding hydrogens is 542 g/mol. The van der Waals surface area contributed by atoms with Crippen molar-refractivity contribution in [1.82, 2.24) is 25.0 Å². The van der Waals surface area contributed by atoms with Gasteiger partial charge in [0.05, 0.1) is 11.4 Å². The van der Waals surface area contributed by atoms with Crippen LogP contribution in [0.5, 0.6) is 0 Å². The Balaban J connectivity index is 1.96. The van der Waals surface area contributed by atoms with Crippen LogP contribution in [0.4, 0.5) is 20.3 Å². The summed E-state index contributed by atoms with van der Waals surface area (Å²) in [5, 5.41) is 23.7. The van der Waals surface area contributed by atoms with Crippen molar-refractivity contribution in [3.8, 4) is 11.1 Å². The van der Waals surface area contributed by atoms with Gasteiger partial charge in [0, 0.05) is 24.2 Å². The number of nitrogens with one attached hydrogen (secondary N) is 2. The van der Waals surface area contributed by atoms with Crippen molar-refractivity contribution >= 4 is 60.8 Å². The van der Waals surface area contributed by atoms with Crippen molar-refractivity contribution in [2.45, 2.75) is 13.3 Å². The molecule has 34 heavy (non-hydrogen) atoms. The van der Waals surface area contributed by atoms with Crippen molar-refractivity contribution < 1.29 is 23.3 Å². The molecule has 4 heterocycles. The smallest absolute Gasteiger partial charge is 0.357 e. The minimum absolute atomic E-state index is 0.0345. The summed E-state index contributed by atoms with van der Waals surface area (Å²) in [6.45, 7) is 1.67. The average molecular weight is 555 g/mol. The largest absolute Gasteiger partial charge is 0.365 e. The number of thiophene rings is 1. The molecule has 16 heteroatoms. The van der Waals surface area contributed by atoms with E-state index in [0.29, 0.717) is 11.3 Å². The molecule has 0 aliphatic heterocycles. The van der Waals surface area contributed by atoms with Gasteiger partial charge in [-0.05, 0) is 39.4 Å². The topological polar surface area (TPSA) is 175 Å². The Morgan fingerprint density at radius 2 is 2.09 bits per heavy atom. The lowest BCUT2D eigenvalue weighted by Crippen LogP contribution is -2.17. The fourth-order valence-electron chi connectivity index (χ4n) is 3.36. The van der Waals surface area contributed by atoms with Gasteiger partial charge in [0.15, 0.2) is 5.69 Å². The van der Waals surface area contributed by atoms with E-state index in [9.17, 15) is 28.5 Å². The molecule has 0 saturated carbocycles. The summed E-state index contributed by atoms with van der Waals surface area (Å²) in [5.74, 6) is -2.39. The van der Waals surface area contributed by atoms with Gasteiger partial charge in [0.2, 0.25) is 0 Å². The zero-order valence-corrected chi connectivity index (χ0v) is 19.6. The van der Waals surface area contributed by atoms with Gasteiger partial charge in [-0.2, -0.15) is 5.10 Å². The number of pyridine rings is 1. The molecule has 4 rings (SSSR count). The molecule has 0 fully saturated rings. The van der Waals surface area contributed by atoms with Gasteiger partial charge >= 0.3 is 5.82 Å². The summed E-state index contributed by atoms with van der Waals surface area (Å²) in [4.78, 5) is 39.2. The van der Waals surface area contributed by atoms with E-state index in [-0.39, 0.29) is 36.5 Å². The fourth-order valence-corrected chi connectivity index (χ4v) is 4.88. The van der Waals surface area contributed by atoms with Gasteiger partial charge in [0.25, 0.3) is 18.2 Å². The van der Waals surface area contributed by atoms with E-state index >= 15 is 0 Å². The predicted molar refractivity (Wildman–Crippen MR) is 121 cm³/mol. The quantitative estimate of drug-likeness (QED) is 0.240. The highest BCUT2D eigenvalue weighted by Gasteiger charge is 2.29. The number of rotatable bonds is 6. The maximum atomic E-state index is 13.6. The zero-order chi connectivity index (χ0) is 24.9. The zero-order valence-electron chi connectivity index (χ0n) is 17.2. The molecule has 0 aromatic carbocycles. The van der Waals surface area contributed by atoms with Crippen molar-refractivity contribution in [3.63, 3.8) is 0 Å². The number of nitro groups is 1. The van der Waals surface area contributed by atoms with E-state index < -0.39 is 34.7 Å². The maximum Gasteiger partial charge on any atom is 0.357 e. The number of aromatic nitrogens is 5. The first kappa shape index (κ1) is 23.4. The predicted octanol–water partition coefficient (Wildman–Crippen LogP) is 3.69. The third-order valence-electron chi connectivity index (χ3n) is 4.76. The van der Waals surface area contributed by atoms with Crippen LogP contribution in [0.15, 0.2) is 16.7 Å².